The Bertz CT molecular complexity index is 779. The summed E-state index contributed by atoms with van der Waals surface area (Å²) < 4.78 is 10.2. The summed E-state index contributed by atoms with van der Waals surface area (Å²) in [6.07, 6.45) is -0.0665. The van der Waals surface area contributed by atoms with Crippen molar-refractivity contribution in [2.75, 3.05) is 44.7 Å². The highest BCUT2D eigenvalue weighted by Gasteiger charge is 2.35. The minimum atomic E-state index is -0.483. The summed E-state index contributed by atoms with van der Waals surface area (Å²) in [4.78, 5) is 41.8. The molecule has 1 unspecified atom stereocenters. The number of methoxy groups -OCH3 is 1. The zero-order valence-electron chi connectivity index (χ0n) is 18.2. The number of amides is 2. The number of rotatable bonds is 4. The maximum Gasteiger partial charge on any atom is 0.410 e. The Labute approximate surface area is 177 Å². The Morgan fingerprint density at radius 3 is 2.27 bits per heavy atom. The van der Waals surface area contributed by atoms with E-state index < -0.39 is 11.5 Å². The highest BCUT2D eigenvalue weighted by molar-refractivity contribution is 5.99. The lowest BCUT2D eigenvalue weighted by molar-refractivity contribution is -0.145. The molecule has 3 rings (SSSR count). The monoisotopic (exact) mass is 417 g/mol. The van der Waals surface area contributed by atoms with Gasteiger partial charge in [0.1, 0.15) is 5.60 Å². The molecule has 2 heterocycles. The van der Waals surface area contributed by atoms with Crippen molar-refractivity contribution in [2.45, 2.75) is 39.3 Å². The fraction of sp³-hybridized carbons (Fsp3) is 0.591. The van der Waals surface area contributed by atoms with Gasteiger partial charge in [0.2, 0.25) is 5.91 Å². The lowest BCUT2D eigenvalue weighted by atomic mass is 10.1. The molecule has 164 valence electrons. The van der Waals surface area contributed by atoms with Gasteiger partial charge in [0, 0.05) is 51.4 Å². The van der Waals surface area contributed by atoms with Crippen molar-refractivity contribution >= 4 is 23.7 Å². The SMILES string of the molecule is COC(=O)C1CC(=O)N(c2ccc(CN3CCN(C(=O)OC(C)(C)C)CC3)cc2)C1. The van der Waals surface area contributed by atoms with E-state index in [-0.39, 0.29) is 24.4 Å². The van der Waals surface area contributed by atoms with Gasteiger partial charge >= 0.3 is 12.1 Å². The summed E-state index contributed by atoms with van der Waals surface area (Å²) in [7, 11) is 1.34. The van der Waals surface area contributed by atoms with Crippen molar-refractivity contribution < 1.29 is 23.9 Å². The number of nitrogens with zero attached hydrogens (tertiary/aromatic N) is 3. The minimum Gasteiger partial charge on any atom is -0.469 e. The van der Waals surface area contributed by atoms with Crippen LogP contribution in [0.25, 0.3) is 0 Å². The number of anilines is 1. The first-order valence-electron chi connectivity index (χ1n) is 10.3. The maximum atomic E-state index is 12.2. The van der Waals surface area contributed by atoms with E-state index in [0.717, 1.165) is 30.9 Å². The zero-order chi connectivity index (χ0) is 21.9. The van der Waals surface area contributed by atoms with Gasteiger partial charge in [-0.1, -0.05) is 12.1 Å². The number of piperazine rings is 1. The molecule has 0 radical (unpaired) electrons. The average molecular weight is 418 g/mol. The van der Waals surface area contributed by atoms with Gasteiger partial charge in [-0.3, -0.25) is 14.5 Å². The molecule has 8 nitrogen and oxygen atoms in total. The normalized spacial score (nSPS) is 20.4. The van der Waals surface area contributed by atoms with Crippen molar-refractivity contribution in [1.29, 1.82) is 0 Å². The number of benzene rings is 1. The molecule has 2 aliphatic heterocycles. The molecular weight excluding hydrogens is 386 g/mol. The predicted octanol–water partition coefficient (Wildman–Crippen LogP) is 2.27. The van der Waals surface area contributed by atoms with E-state index in [1.54, 1.807) is 9.80 Å². The van der Waals surface area contributed by atoms with Gasteiger partial charge in [0.15, 0.2) is 0 Å². The molecule has 0 N–H and O–H groups in total. The molecule has 0 aliphatic carbocycles. The smallest absolute Gasteiger partial charge is 0.410 e. The van der Waals surface area contributed by atoms with Crippen molar-refractivity contribution in [3.05, 3.63) is 29.8 Å². The third-order valence-electron chi connectivity index (χ3n) is 5.34. The van der Waals surface area contributed by atoms with E-state index in [2.05, 4.69) is 4.90 Å². The summed E-state index contributed by atoms with van der Waals surface area (Å²) >= 11 is 0. The molecule has 30 heavy (non-hydrogen) atoms. The van der Waals surface area contributed by atoms with Crippen molar-refractivity contribution in [3.8, 4) is 0 Å². The molecule has 8 heteroatoms. The van der Waals surface area contributed by atoms with Crippen LogP contribution >= 0.6 is 0 Å². The fourth-order valence-electron chi connectivity index (χ4n) is 3.74. The third-order valence-corrected chi connectivity index (χ3v) is 5.34. The van der Waals surface area contributed by atoms with Crippen LogP contribution in [0.1, 0.15) is 32.8 Å². The van der Waals surface area contributed by atoms with Gasteiger partial charge in [-0.25, -0.2) is 4.79 Å². The van der Waals surface area contributed by atoms with Gasteiger partial charge in [-0.2, -0.15) is 0 Å². The molecule has 1 aromatic rings. The van der Waals surface area contributed by atoms with Crippen LogP contribution in [0.4, 0.5) is 10.5 Å². The van der Waals surface area contributed by atoms with Crippen LogP contribution in [-0.4, -0.2) is 73.2 Å². The van der Waals surface area contributed by atoms with Crippen molar-refractivity contribution in [3.63, 3.8) is 0 Å². The second-order valence-corrected chi connectivity index (χ2v) is 8.84. The highest BCUT2D eigenvalue weighted by atomic mass is 16.6. The van der Waals surface area contributed by atoms with E-state index in [0.29, 0.717) is 19.6 Å². The summed E-state index contributed by atoms with van der Waals surface area (Å²) in [6, 6.07) is 7.86. The van der Waals surface area contributed by atoms with Crippen LogP contribution in [0.5, 0.6) is 0 Å². The Hall–Kier alpha value is -2.61. The van der Waals surface area contributed by atoms with Gasteiger partial charge in [0.25, 0.3) is 0 Å². The van der Waals surface area contributed by atoms with Gasteiger partial charge in [-0.15, -0.1) is 0 Å². The number of carbonyl (C=O) groups is 3. The van der Waals surface area contributed by atoms with Gasteiger partial charge in [0.05, 0.1) is 13.0 Å². The molecule has 0 bridgehead atoms. The predicted molar refractivity (Wildman–Crippen MR) is 112 cm³/mol. The Kier molecular flexibility index (Phi) is 6.65. The maximum absolute atomic E-state index is 12.2. The van der Waals surface area contributed by atoms with Crippen LogP contribution in [-0.2, 0) is 25.6 Å². The zero-order valence-corrected chi connectivity index (χ0v) is 18.2. The van der Waals surface area contributed by atoms with Crippen LogP contribution < -0.4 is 4.90 Å². The quantitative estimate of drug-likeness (QED) is 0.700. The first kappa shape index (κ1) is 22.1. The van der Waals surface area contributed by atoms with Gasteiger partial charge < -0.3 is 19.3 Å². The Morgan fingerprint density at radius 2 is 1.70 bits per heavy atom. The number of hydrogen-bond donors (Lipinski definition) is 0. The molecule has 1 atom stereocenters. The molecule has 2 aliphatic rings. The number of esters is 1. The molecule has 2 saturated heterocycles. The first-order chi connectivity index (χ1) is 14.2. The van der Waals surface area contributed by atoms with Gasteiger partial charge in [-0.05, 0) is 38.5 Å². The lowest BCUT2D eigenvalue weighted by Gasteiger charge is -2.35. The Morgan fingerprint density at radius 1 is 1.07 bits per heavy atom. The van der Waals surface area contributed by atoms with E-state index in [1.165, 1.54) is 7.11 Å². The summed E-state index contributed by atoms with van der Waals surface area (Å²) in [5.41, 5.74) is 1.45. The van der Waals surface area contributed by atoms with E-state index >= 15 is 0 Å². The van der Waals surface area contributed by atoms with Crippen LogP contribution in [0.15, 0.2) is 24.3 Å². The molecule has 2 fully saturated rings. The largest absolute Gasteiger partial charge is 0.469 e. The summed E-state index contributed by atoms with van der Waals surface area (Å²) in [6.45, 7) is 9.61. The van der Waals surface area contributed by atoms with E-state index in [1.807, 2.05) is 45.0 Å². The van der Waals surface area contributed by atoms with E-state index in [9.17, 15) is 14.4 Å². The topological polar surface area (TPSA) is 79.4 Å². The minimum absolute atomic E-state index is 0.0589. The van der Waals surface area contributed by atoms with Crippen LogP contribution in [0.3, 0.4) is 0 Å². The lowest BCUT2D eigenvalue weighted by Crippen LogP contribution is -2.49. The molecule has 1 aromatic carbocycles. The second kappa shape index (κ2) is 9.04. The van der Waals surface area contributed by atoms with Crippen molar-refractivity contribution in [1.82, 2.24) is 9.80 Å². The van der Waals surface area contributed by atoms with Crippen LogP contribution in [0, 0.1) is 5.92 Å². The molecule has 0 saturated carbocycles. The standard InChI is InChI=1S/C22H31N3O5/c1-22(2,3)30-21(28)24-11-9-23(10-12-24)14-16-5-7-18(8-6-16)25-15-17(13-19(25)26)20(27)29-4/h5-8,17H,9-15H2,1-4H3. The second-order valence-electron chi connectivity index (χ2n) is 8.84. The third kappa shape index (κ3) is 5.50. The Balaban J connectivity index is 1.50. The van der Waals surface area contributed by atoms with E-state index in [4.69, 9.17) is 9.47 Å². The molecule has 0 aromatic heterocycles. The summed E-state index contributed by atoms with van der Waals surface area (Å²) in [5, 5.41) is 0. The summed E-state index contributed by atoms with van der Waals surface area (Å²) in [5.74, 6) is -0.798. The highest BCUT2D eigenvalue weighted by Crippen LogP contribution is 2.26. The average Bonchev–Trinajstić information content (AvgIpc) is 3.09. The number of carbonyl (C=O) groups excluding carboxylic acids is 3. The number of ether oxygens (including phenoxy) is 2. The van der Waals surface area contributed by atoms with Crippen LogP contribution in [0.2, 0.25) is 0 Å². The van der Waals surface area contributed by atoms with Crippen molar-refractivity contribution in [2.24, 2.45) is 5.92 Å². The number of hydrogen-bond acceptors (Lipinski definition) is 6. The fourth-order valence-corrected chi connectivity index (χ4v) is 3.74. The molecular formula is C22H31N3O5. The molecule has 0 spiro atoms. The first-order valence-corrected chi connectivity index (χ1v) is 10.3. The molecule has 2 amide bonds.